The van der Waals surface area contributed by atoms with E-state index in [0.29, 0.717) is 22.8 Å². The lowest BCUT2D eigenvalue weighted by atomic mass is 10.0. The van der Waals surface area contributed by atoms with E-state index in [1.807, 2.05) is 49.1 Å². The maximum Gasteiger partial charge on any atom is 0.240 e. The number of anilines is 1. The van der Waals surface area contributed by atoms with Gasteiger partial charge >= 0.3 is 0 Å². The number of H-pyrrole nitrogens is 1. The molecule has 6 nitrogen and oxygen atoms in total. The lowest BCUT2D eigenvalue weighted by molar-refractivity contribution is -0.122. The van der Waals surface area contributed by atoms with E-state index in [-0.39, 0.29) is 24.3 Å². The first-order chi connectivity index (χ1) is 14.9. The van der Waals surface area contributed by atoms with Crippen molar-refractivity contribution in [3.63, 3.8) is 0 Å². The summed E-state index contributed by atoms with van der Waals surface area (Å²) in [6, 6.07) is 13.0. The van der Waals surface area contributed by atoms with E-state index in [4.69, 9.17) is 12.2 Å². The smallest absolute Gasteiger partial charge is 0.240 e. The highest BCUT2D eigenvalue weighted by atomic mass is 32.1. The lowest BCUT2D eigenvalue weighted by Gasteiger charge is -2.35. The molecule has 1 aliphatic rings. The zero-order valence-electron chi connectivity index (χ0n) is 17.7. The second-order valence-corrected chi connectivity index (χ2v) is 8.50. The number of aryl methyl sites for hydroxylation is 2. The van der Waals surface area contributed by atoms with Crippen LogP contribution < -0.4 is 10.2 Å². The fourth-order valence-electron chi connectivity index (χ4n) is 3.98. The van der Waals surface area contributed by atoms with Crippen molar-refractivity contribution in [1.29, 1.82) is 0 Å². The highest BCUT2D eigenvalue weighted by Crippen LogP contribution is 2.24. The average molecular weight is 440 g/mol. The minimum Gasteiger partial charge on any atom is -0.367 e. The van der Waals surface area contributed by atoms with Crippen LogP contribution in [0.25, 0.3) is 11.4 Å². The van der Waals surface area contributed by atoms with Crippen LogP contribution in [0, 0.1) is 24.4 Å². The number of aromatic nitrogens is 3. The highest BCUT2D eigenvalue weighted by molar-refractivity contribution is 7.71. The minimum absolute atomic E-state index is 0.0509. The molecule has 0 saturated carbocycles. The number of benzene rings is 2. The summed E-state index contributed by atoms with van der Waals surface area (Å²) in [6.45, 7) is 5.40. The average Bonchev–Trinajstić information content (AvgIpc) is 3.10. The van der Waals surface area contributed by atoms with Crippen molar-refractivity contribution in [3.05, 3.63) is 64.2 Å². The van der Waals surface area contributed by atoms with E-state index in [1.54, 1.807) is 10.6 Å². The fraction of sp³-hybridized carbons (Fsp3) is 0.348. The third-order valence-electron chi connectivity index (χ3n) is 5.60. The lowest BCUT2D eigenvalue weighted by Crippen LogP contribution is -2.48. The molecule has 1 amide bonds. The third-order valence-corrected chi connectivity index (χ3v) is 5.91. The quantitative estimate of drug-likeness (QED) is 0.586. The molecule has 162 valence electrons. The fourth-order valence-corrected chi connectivity index (χ4v) is 4.18. The van der Waals surface area contributed by atoms with E-state index >= 15 is 0 Å². The van der Waals surface area contributed by atoms with Crippen molar-refractivity contribution in [2.45, 2.75) is 39.3 Å². The number of piperidine rings is 1. The van der Waals surface area contributed by atoms with Crippen molar-refractivity contribution >= 4 is 23.8 Å². The number of carbonyl (C=O) groups is 1. The molecule has 1 aromatic heterocycles. The molecule has 31 heavy (non-hydrogen) atoms. The molecule has 1 aliphatic heterocycles. The molecule has 0 bridgehead atoms. The van der Waals surface area contributed by atoms with Gasteiger partial charge in [0.25, 0.3) is 0 Å². The molecular weight excluding hydrogens is 413 g/mol. The van der Waals surface area contributed by atoms with Crippen molar-refractivity contribution < 1.29 is 9.18 Å². The number of hydrogen-bond donors (Lipinski definition) is 2. The number of nitrogens with zero attached hydrogens (tertiary/aromatic N) is 3. The van der Waals surface area contributed by atoms with Crippen molar-refractivity contribution in [2.24, 2.45) is 0 Å². The van der Waals surface area contributed by atoms with Gasteiger partial charge in [-0.15, -0.1) is 0 Å². The Morgan fingerprint density at radius 2 is 1.97 bits per heavy atom. The number of carbonyl (C=O) groups excluding carboxylic acids is 1. The number of rotatable bonds is 5. The highest BCUT2D eigenvalue weighted by Gasteiger charge is 2.24. The summed E-state index contributed by atoms with van der Waals surface area (Å²) >= 11 is 5.35. The van der Waals surface area contributed by atoms with E-state index in [9.17, 15) is 9.18 Å². The molecule has 1 saturated heterocycles. The van der Waals surface area contributed by atoms with Gasteiger partial charge < -0.3 is 10.2 Å². The van der Waals surface area contributed by atoms with Crippen molar-refractivity contribution in [2.75, 3.05) is 18.0 Å². The number of hydrogen-bond acceptors (Lipinski definition) is 4. The van der Waals surface area contributed by atoms with Gasteiger partial charge in [0, 0.05) is 24.7 Å². The Morgan fingerprint density at radius 3 is 2.74 bits per heavy atom. The second-order valence-electron chi connectivity index (χ2n) is 8.11. The first-order valence-electron chi connectivity index (χ1n) is 10.4. The first kappa shape index (κ1) is 21.2. The van der Waals surface area contributed by atoms with E-state index in [2.05, 4.69) is 15.5 Å². The monoisotopic (exact) mass is 439 g/mol. The Balaban J connectivity index is 1.45. The Bertz CT molecular complexity index is 1140. The van der Waals surface area contributed by atoms with Crippen LogP contribution in [0.2, 0.25) is 0 Å². The summed E-state index contributed by atoms with van der Waals surface area (Å²) in [4.78, 5) is 14.8. The minimum atomic E-state index is -0.231. The SMILES string of the molecule is Cc1ccc(-c2n[nH]c(=S)n2CC(=O)NC2CCCN(c3cc(C)ccc3F)C2)cc1. The zero-order valence-corrected chi connectivity index (χ0v) is 18.5. The summed E-state index contributed by atoms with van der Waals surface area (Å²) in [5.41, 5.74) is 3.65. The normalized spacial score (nSPS) is 16.4. The number of aromatic amines is 1. The maximum absolute atomic E-state index is 14.3. The van der Waals surface area contributed by atoms with Crippen LogP contribution in [-0.4, -0.2) is 39.8 Å². The Morgan fingerprint density at radius 1 is 1.23 bits per heavy atom. The third kappa shape index (κ3) is 4.85. The van der Waals surface area contributed by atoms with E-state index in [1.165, 1.54) is 6.07 Å². The van der Waals surface area contributed by atoms with E-state index < -0.39 is 0 Å². The zero-order chi connectivity index (χ0) is 22.0. The summed E-state index contributed by atoms with van der Waals surface area (Å²) in [6.07, 6.45) is 1.75. The van der Waals surface area contributed by atoms with Gasteiger partial charge in [0.05, 0.1) is 5.69 Å². The van der Waals surface area contributed by atoms with Crippen LogP contribution in [0.15, 0.2) is 42.5 Å². The molecule has 4 rings (SSSR count). The van der Waals surface area contributed by atoms with Gasteiger partial charge in [-0.2, -0.15) is 5.10 Å². The van der Waals surface area contributed by atoms with Crippen LogP contribution in [0.5, 0.6) is 0 Å². The topological polar surface area (TPSA) is 66.0 Å². The van der Waals surface area contributed by atoms with Gasteiger partial charge in [0.2, 0.25) is 5.91 Å². The molecule has 8 heteroatoms. The van der Waals surface area contributed by atoms with Crippen LogP contribution in [0.4, 0.5) is 10.1 Å². The molecule has 1 atom stereocenters. The Labute approximate surface area is 186 Å². The predicted octanol–water partition coefficient (Wildman–Crippen LogP) is 4.15. The molecular formula is C23H26FN5OS. The van der Waals surface area contributed by atoms with Crippen LogP contribution in [0.1, 0.15) is 24.0 Å². The van der Waals surface area contributed by atoms with Crippen LogP contribution in [-0.2, 0) is 11.3 Å². The number of nitrogens with one attached hydrogen (secondary N) is 2. The second kappa shape index (κ2) is 9.01. The van der Waals surface area contributed by atoms with Gasteiger partial charge in [-0.3, -0.25) is 14.5 Å². The largest absolute Gasteiger partial charge is 0.367 e. The van der Waals surface area contributed by atoms with Crippen LogP contribution in [0.3, 0.4) is 0 Å². The molecule has 2 heterocycles. The predicted molar refractivity (Wildman–Crippen MR) is 122 cm³/mol. The number of halogens is 1. The van der Waals surface area contributed by atoms with Gasteiger partial charge in [0.15, 0.2) is 10.6 Å². The number of amides is 1. The molecule has 0 radical (unpaired) electrons. The van der Waals surface area contributed by atoms with Crippen LogP contribution >= 0.6 is 12.2 Å². The van der Waals surface area contributed by atoms with Crippen molar-refractivity contribution in [1.82, 2.24) is 20.1 Å². The molecule has 2 aromatic carbocycles. The molecule has 3 aromatic rings. The molecule has 0 spiro atoms. The van der Waals surface area contributed by atoms with E-state index in [0.717, 1.165) is 36.1 Å². The Kier molecular flexibility index (Phi) is 6.18. The maximum atomic E-state index is 14.3. The first-order valence-corrected chi connectivity index (χ1v) is 10.8. The molecule has 1 fully saturated rings. The van der Waals surface area contributed by atoms with Gasteiger partial charge in [0.1, 0.15) is 12.4 Å². The Hall–Kier alpha value is -3.00. The molecule has 2 N–H and O–H groups in total. The standard InChI is InChI=1S/C23H26FN5OS/c1-15-5-8-17(9-6-15)22-26-27-23(31)29(22)14-21(30)25-18-4-3-11-28(13-18)20-12-16(2)7-10-19(20)24/h5-10,12,18H,3-4,11,13-14H2,1-2H3,(H,25,30)(H,27,31). The molecule has 0 aliphatic carbocycles. The summed E-state index contributed by atoms with van der Waals surface area (Å²) < 4.78 is 16.4. The van der Waals surface area contributed by atoms with Gasteiger partial charge in [-0.25, -0.2) is 4.39 Å². The van der Waals surface area contributed by atoms with Gasteiger partial charge in [-0.1, -0.05) is 35.9 Å². The summed E-state index contributed by atoms with van der Waals surface area (Å²) in [5.74, 6) is 0.264. The van der Waals surface area contributed by atoms with Crippen molar-refractivity contribution in [3.8, 4) is 11.4 Å². The molecule has 1 unspecified atom stereocenters. The summed E-state index contributed by atoms with van der Waals surface area (Å²) in [7, 11) is 0. The van der Waals surface area contributed by atoms with Gasteiger partial charge in [-0.05, 0) is 56.6 Å². The summed E-state index contributed by atoms with van der Waals surface area (Å²) in [5, 5.41) is 10.2.